The second-order valence-corrected chi connectivity index (χ2v) is 6.70. The topological polar surface area (TPSA) is 49.4 Å². The summed E-state index contributed by atoms with van der Waals surface area (Å²) in [5.74, 6) is -0.392. The fraction of sp³-hybridized carbons (Fsp3) is 0.222. The van der Waals surface area contributed by atoms with Crippen LogP contribution >= 0.6 is 34.8 Å². The molecular formula is C18H17Cl3N2O2. The Morgan fingerprint density at radius 2 is 1.76 bits per heavy atom. The molecule has 0 unspecified atom stereocenters. The number of hydrogen-bond acceptors (Lipinski definition) is 2. The van der Waals surface area contributed by atoms with Gasteiger partial charge in [-0.2, -0.15) is 0 Å². The highest BCUT2D eigenvalue weighted by atomic mass is 35.5. The minimum absolute atomic E-state index is 0.131. The third-order valence-corrected chi connectivity index (χ3v) is 4.82. The maximum Gasteiger partial charge on any atom is 0.226 e. The van der Waals surface area contributed by atoms with Crippen LogP contribution in [0.25, 0.3) is 0 Å². The van der Waals surface area contributed by atoms with Crippen LogP contribution in [0.1, 0.15) is 18.9 Å². The average Bonchev–Trinajstić information content (AvgIpc) is 2.54. The molecule has 0 fully saturated rings. The Morgan fingerprint density at radius 3 is 2.40 bits per heavy atom. The van der Waals surface area contributed by atoms with E-state index in [1.54, 1.807) is 36.4 Å². The number of nitrogens with zero attached hydrogens (tertiary/aromatic N) is 1. The molecule has 132 valence electrons. The number of hydrogen-bond donors (Lipinski definition) is 1. The summed E-state index contributed by atoms with van der Waals surface area (Å²) in [4.78, 5) is 25.7. The van der Waals surface area contributed by atoms with Crippen LogP contribution in [0.4, 0.5) is 11.4 Å². The molecule has 2 aromatic rings. The summed E-state index contributed by atoms with van der Waals surface area (Å²) in [6.45, 7) is 3.53. The highest BCUT2D eigenvalue weighted by Crippen LogP contribution is 2.27. The molecule has 0 spiro atoms. The summed E-state index contributed by atoms with van der Waals surface area (Å²) in [6.07, 6.45) is 0.131. The summed E-state index contributed by atoms with van der Waals surface area (Å²) < 4.78 is 0. The number of benzene rings is 2. The van der Waals surface area contributed by atoms with Gasteiger partial charge in [-0.25, -0.2) is 0 Å². The lowest BCUT2D eigenvalue weighted by atomic mass is 10.1. The van der Waals surface area contributed by atoms with E-state index in [1.807, 2.05) is 6.92 Å². The van der Waals surface area contributed by atoms with Crippen molar-refractivity contribution < 1.29 is 9.59 Å². The van der Waals surface area contributed by atoms with Crippen LogP contribution in [-0.2, 0) is 9.59 Å². The van der Waals surface area contributed by atoms with Crippen LogP contribution in [-0.4, -0.2) is 18.4 Å². The lowest BCUT2D eigenvalue weighted by Gasteiger charge is -2.23. The molecule has 0 atom stereocenters. The molecule has 7 heteroatoms. The Bertz CT molecular complexity index is 809. The molecule has 2 amide bonds. The number of nitrogens with one attached hydrogen (secondary N) is 1. The van der Waals surface area contributed by atoms with E-state index >= 15 is 0 Å². The number of amides is 2. The fourth-order valence-electron chi connectivity index (χ4n) is 2.35. The Morgan fingerprint density at radius 1 is 1.04 bits per heavy atom. The maximum absolute atomic E-state index is 12.2. The number of rotatable bonds is 5. The normalized spacial score (nSPS) is 10.4. The van der Waals surface area contributed by atoms with E-state index in [2.05, 4.69) is 5.32 Å². The van der Waals surface area contributed by atoms with Crippen LogP contribution in [0.3, 0.4) is 0 Å². The van der Waals surface area contributed by atoms with Crippen molar-refractivity contribution in [1.82, 2.24) is 0 Å². The second-order valence-electron chi connectivity index (χ2n) is 5.48. The predicted octanol–water partition coefficient (Wildman–Crippen LogP) is 5.34. The molecule has 4 nitrogen and oxygen atoms in total. The second kappa shape index (κ2) is 8.56. The van der Waals surface area contributed by atoms with E-state index in [1.165, 1.54) is 11.8 Å². The zero-order valence-corrected chi connectivity index (χ0v) is 16.0. The van der Waals surface area contributed by atoms with Gasteiger partial charge in [-0.3, -0.25) is 9.59 Å². The van der Waals surface area contributed by atoms with Gasteiger partial charge >= 0.3 is 0 Å². The van der Waals surface area contributed by atoms with E-state index in [0.717, 1.165) is 5.56 Å². The molecule has 0 saturated carbocycles. The largest absolute Gasteiger partial charge is 0.326 e. The van der Waals surface area contributed by atoms with Crippen molar-refractivity contribution in [2.24, 2.45) is 0 Å². The molecule has 0 aliphatic rings. The molecule has 0 aliphatic carbocycles. The van der Waals surface area contributed by atoms with Crippen molar-refractivity contribution in [3.63, 3.8) is 0 Å². The van der Waals surface area contributed by atoms with Gasteiger partial charge in [-0.05, 0) is 42.8 Å². The summed E-state index contributed by atoms with van der Waals surface area (Å²) in [5, 5.41) is 4.08. The zero-order valence-electron chi connectivity index (χ0n) is 13.8. The molecule has 2 aromatic carbocycles. The zero-order chi connectivity index (χ0) is 18.6. The first kappa shape index (κ1) is 19.6. The van der Waals surface area contributed by atoms with Crippen LogP contribution in [0.15, 0.2) is 36.4 Å². The third kappa shape index (κ3) is 5.11. The van der Waals surface area contributed by atoms with Crippen molar-refractivity contribution in [3.8, 4) is 0 Å². The van der Waals surface area contributed by atoms with Gasteiger partial charge in [0.15, 0.2) is 0 Å². The quantitative estimate of drug-likeness (QED) is 0.738. The number of carbonyl (C=O) groups excluding carboxylic acids is 2. The van der Waals surface area contributed by atoms with Gasteiger partial charge in [-0.1, -0.05) is 40.9 Å². The molecule has 0 saturated heterocycles. The molecule has 2 rings (SSSR count). The van der Waals surface area contributed by atoms with Crippen LogP contribution in [0, 0.1) is 6.92 Å². The van der Waals surface area contributed by atoms with Gasteiger partial charge in [0, 0.05) is 36.3 Å². The summed E-state index contributed by atoms with van der Waals surface area (Å²) in [7, 11) is 0. The number of anilines is 2. The van der Waals surface area contributed by atoms with Crippen LogP contribution in [0.2, 0.25) is 15.1 Å². The van der Waals surface area contributed by atoms with Crippen LogP contribution < -0.4 is 10.2 Å². The molecule has 0 bridgehead atoms. The minimum Gasteiger partial charge on any atom is -0.326 e. The molecule has 0 radical (unpaired) electrons. The SMILES string of the molecule is CC(=O)N(CCC(=O)Nc1ccc(Cl)c(Cl)c1)c1cccc(Cl)c1C. The van der Waals surface area contributed by atoms with Crippen molar-refractivity contribution in [2.75, 3.05) is 16.8 Å². The van der Waals surface area contributed by atoms with E-state index in [0.29, 0.717) is 26.4 Å². The molecular weight excluding hydrogens is 383 g/mol. The minimum atomic E-state index is -0.232. The maximum atomic E-state index is 12.2. The smallest absolute Gasteiger partial charge is 0.226 e. The third-order valence-electron chi connectivity index (χ3n) is 3.68. The Hall–Kier alpha value is -1.75. The standard InChI is InChI=1S/C18H17Cl3N2O2/c1-11-14(19)4-3-5-17(11)23(12(2)24)9-8-18(25)22-13-6-7-15(20)16(21)10-13/h3-7,10H,8-9H2,1-2H3,(H,22,25). The number of carbonyl (C=O) groups is 2. The average molecular weight is 400 g/mol. The van der Waals surface area contributed by atoms with Gasteiger partial charge in [0.25, 0.3) is 0 Å². The lowest BCUT2D eigenvalue weighted by molar-refractivity contribution is -0.117. The van der Waals surface area contributed by atoms with E-state index in [9.17, 15) is 9.59 Å². The highest BCUT2D eigenvalue weighted by molar-refractivity contribution is 6.42. The Kier molecular flexibility index (Phi) is 6.71. The van der Waals surface area contributed by atoms with Crippen molar-refractivity contribution >= 4 is 58.0 Å². The molecule has 0 aromatic heterocycles. The van der Waals surface area contributed by atoms with Crippen molar-refractivity contribution in [1.29, 1.82) is 0 Å². The monoisotopic (exact) mass is 398 g/mol. The van der Waals surface area contributed by atoms with Gasteiger partial charge < -0.3 is 10.2 Å². The van der Waals surface area contributed by atoms with E-state index in [4.69, 9.17) is 34.8 Å². The Balaban J connectivity index is 2.05. The van der Waals surface area contributed by atoms with E-state index < -0.39 is 0 Å². The molecule has 1 N–H and O–H groups in total. The first-order valence-corrected chi connectivity index (χ1v) is 8.71. The summed E-state index contributed by atoms with van der Waals surface area (Å²) in [6, 6.07) is 10.2. The first-order chi connectivity index (χ1) is 11.8. The van der Waals surface area contributed by atoms with Gasteiger partial charge in [0.2, 0.25) is 11.8 Å². The van der Waals surface area contributed by atoms with Gasteiger partial charge in [0.05, 0.1) is 10.0 Å². The van der Waals surface area contributed by atoms with Gasteiger partial charge in [0.1, 0.15) is 0 Å². The van der Waals surface area contributed by atoms with E-state index in [-0.39, 0.29) is 24.8 Å². The highest BCUT2D eigenvalue weighted by Gasteiger charge is 2.16. The van der Waals surface area contributed by atoms with Crippen molar-refractivity contribution in [3.05, 3.63) is 57.0 Å². The molecule has 25 heavy (non-hydrogen) atoms. The fourth-order valence-corrected chi connectivity index (χ4v) is 2.81. The molecule has 0 heterocycles. The molecule has 0 aliphatic heterocycles. The first-order valence-electron chi connectivity index (χ1n) is 7.57. The van der Waals surface area contributed by atoms with Crippen LogP contribution in [0.5, 0.6) is 0 Å². The summed E-state index contributed by atoms with van der Waals surface area (Å²) in [5.41, 5.74) is 2.04. The lowest BCUT2D eigenvalue weighted by Crippen LogP contribution is -2.32. The van der Waals surface area contributed by atoms with Crippen molar-refractivity contribution in [2.45, 2.75) is 20.3 Å². The Labute approximate surface area is 161 Å². The number of halogens is 3. The van der Waals surface area contributed by atoms with Gasteiger partial charge in [-0.15, -0.1) is 0 Å². The summed E-state index contributed by atoms with van der Waals surface area (Å²) >= 11 is 17.9. The predicted molar refractivity (Wildman–Crippen MR) is 104 cm³/mol.